The van der Waals surface area contributed by atoms with E-state index in [4.69, 9.17) is 10.7 Å². The first-order chi connectivity index (χ1) is 17.6. The number of hydrogen-bond donors (Lipinski definition) is 3. The second kappa shape index (κ2) is 11.0. The van der Waals surface area contributed by atoms with Crippen LogP contribution in [0.5, 0.6) is 5.88 Å². The third kappa shape index (κ3) is 5.63. The Kier molecular flexibility index (Phi) is 7.38. The van der Waals surface area contributed by atoms with Crippen LogP contribution in [-0.4, -0.2) is 33.3 Å². The predicted octanol–water partition coefficient (Wildman–Crippen LogP) is 6.97. The molecule has 4 aromatic rings. The van der Waals surface area contributed by atoms with Crippen LogP contribution in [0.2, 0.25) is 0 Å². The molecule has 36 heavy (non-hydrogen) atoms. The van der Waals surface area contributed by atoms with Gasteiger partial charge >= 0.3 is 0 Å². The van der Waals surface area contributed by atoms with Crippen molar-refractivity contribution in [3.8, 4) is 5.88 Å². The lowest BCUT2D eigenvalue weighted by molar-refractivity contribution is 0.149. The summed E-state index contributed by atoms with van der Waals surface area (Å²) >= 11 is 0. The summed E-state index contributed by atoms with van der Waals surface area (Å²) in [4.78, 5) is 10.5. The van der Waals surface area contributed by atoms with Gasteiger partial charge in [0, 0.05) is 35.7 Å². The highest BCUT2D eigenvalue weighted by molar-refractivity contribution is 6.13. The van der Waals surface area contributed by atoms with Gasteiger partial charge in [-0.2, -0.15) is 0 Å². The largest absolute Gasteiger partial charge is 0.494 e. The fourth-order valence-electron chi connectivity index (χ4n) is 5.48. The van der Waals surface area contributed by atoms with Gasteiger partial charge in [0.2, 0.25) is 0 Å². The monoisotopic (exact) mass is 480 g/mol. The van der Waals surface area contributed by atoms with Crippen LogP contribution in [0.15, 0.2) is 77.8 Å². The van der Waals surface area contributed by atoms with Crippen LogP contribution in [0.4, 0.5) is 11.4 Å². The van der Waals surface area contributed by atoms with E-state index in [0.29, 0.717) is 17.3 Å². The lowest BCUT2D eigenvalue weighted by Gasteiger charge is -2.34. The highest BCUT2D eigenvalue weighted by atomic mass is 16.3. The molecular weight excluding hydrogens is 444 g/mol. The molecule has 5 rings (SSSR count). The molecule has 0 atom stereocenters. The molecule has 0 spiro atoms. The van der Waals surface area contributed by atoms with E-state index in [0.717, 1.165) is 41.8 Å². The van der Waals surface area contributed by atoms with Gasteiger partial charge in [-0.1, -0.05) is 61.7 Å². The molecule has 4 N–H and O–H groups in total. The molecule has 1 aliphatic carbocycles. The Morgan fingerprint density at radius 2 is 1.72 bits per heavy atom. The molecule has 0 saturated heterocycles. The zero-order chi connectivity index (χ0) is 24.9. The molecule has 0 unspecified atom stereocenters. The highest BCUT2D eigenvalue weighted by Crippen LogP contribution is 2.31. The van der Waals surface area contributed by atoms with E-state index in [9.17, 15) is 5.11 Å². The molecule has 1 aliphatic rings. The Bertz CT molecular complexity index is 1320. The Morgan fingerprint density at radius 3 is 2.47 bits per heavy atom. The number of nitrogen functional groups attached to an aromatic ring is 1. The van der Waals surface area contributed by atoms with Crippen LogP contribution in [0.1, 0.15) is 55.7 Å². The van der Waals surface area contributed by atoms with Crippen molar-refractivity contribution in [2.75, 3.05) is 12.3 Å². The van der Waals surface area contributed by atoms with Gasteiger partial charge in [0.05, 0.1) is 17.0 Å². The smallest absolute Gasteiger partial charge is 0.198 e. The maximum Gasteiger partial charge on any atom is 0.198 e. The number of aromatic hydroxyl groups is 1. The summed E-state index contributed by atoms with van der Waals surface area (Å²) in [7, 11) is 0. The van der Waals surface area contributed by atoms with Crippen LogP contribution in [0.3, 0.4) is 0 Å². The van der Waals surface area contributed by atoms with Gasteiger partial charge in [-0.15, -0.1) is 0 Å². The van der Waals surface area contributed by atoms with Crippen molar-refractivity contribution in [1.82, 2.24) is 9.88 Å². The van der Waals surface area contributed by atoms with Crippen LogP contribution >= 0.6 is 0 Å². The number of nitrogens with zero attached hydrogens (tertiary/aromatic N) is 2. The second-order valence-corrected chi connectivity index (χ2v) is 10.0. The van der Waals surface area contributed by atoms with Crippen molar-refractivity contribution in [3.05, 3.63) is 89.5 Å². The summed E-state index contributed by atoms with van der Waals surface area (Å²) in [5.41, 5.74) is 12.5. The number of anilines is 1. The Balaban J connectivity index is 1.32. The van der Waals surface area contributed by atoms with Crippen molar-refractivity contribution in [2.45, 2.75) is 58.0 Å². The number of benzene rings is 3. The number of nitrogens with two attached hydrogens (primary N) is 1. The number of aromatic amines is 1. The number of hydrogen-bond acceptors (Lipinski definition) is 4. The minimum absolute atomic E-state index is 0.120. The molecule has 5 nitrogen and oxygen atoms in total. The molecule has 0 amide bonds. The summed E-state index contributed by atoms with van der Waals surface area (Å²) in [5, 5.41) is 11.4. The zero-order valence-electron chi connectivity index (χ0n) is 21.1. The number of fused-ring (bicyclic) bond motifs is 1. The molecular formula is C31H36N4O. The standard InChI is InChI=1S/C31H36N4O/c1-22(30-28-20-25(32)14-17-29(28)34-31(30)36)33-26-15-12-24(13-16-26)21-35(27-10-6-3-7-11-27)19-18-23-8-4-2-5-9-23/h2,4-5,8-9,12-17,20,27,34,36H,3,6-7,10-11,18-19,21,32H2,1H3. The number of H-pyrrole nitrogens is 1. The van der Waals surface area contributed by atoms with Crippen molar-refractivity contribution < 1.29 is 5.11 Å². The van der Waals surface area contributed by atoms with Gasteiger partial charge in [0.1, 0.15) is 0 Å². The second-order valence-electron chi connectivity index (χ2n) is 10.0. The van der Waals surface area contributed by atoms with Gasteiger partial charge in [-0.3, -0.25) is 9.89 Å². The molecule has 0 radical (unpaired) electrons. The SMILES string of the molecule is CC(=Nc1ccc(CN(CCc2ccccc2)C2CCCCC2)cc1)c1c(O)[nH]c2ccc(N)cc12. The predicted molar refractivity (Wildman–Crippen MR) is 150 cm³/mol. The van der Waals surface area contributed by atoms with Gasteiger partial charge in [-0.05, 0) is 67.6 Å². The quantitative estimate of drug-likeness (QED) is 0.188. The topological polar surface area (TPSA) is 77.6 Å². The lowest BCUT2D eigenvalue weighted by Crippen LogP contribution is -2.37. The number of nitrogens with one attached hydrogen (secondary N) is 1. The van der Waals surface area contributed by atoms with Crippen molar-refractivity contribution in [2.24, 2.45) is 4.99 Å². The van der Waals surface area contributed by atoms with E-state index >= 15 is 0 Å². The van der Waals surface area contributed by atoms with E-state index in [1.807, 2.05) is 25.1 Å². The van der Waals surface area contributed by atoms with E-state index in [2.05, 4.69) is 64.5 Å². The molecule has 1 aromatic heterocycles. The van der Waals surface area contributed by atoms with Crippen LogP contribution < -0.4 is 5.73 Å². The maximum atomic E-state index is 10.5. The molecule has 186 valence electrons. The third-order valence-electron chi connectivity index (χ3n) is 7.41. The summed E-state index contributed by atoms with van der Waals surface area (Å²) in [6, 6.07) is 25.6. The molecule has 3 aromatic carbocycles. The number of aliphatic imine (C=N–C) groups is 1. The zero-order valence-corrected chi connectivity index (χ0v) is 21.1. The minimum Gasteiger partial charge on any atom is -0.494 e. The van der Waals surface area contributed by atoms with Crippen molar-refractivity contribution in [3.63, 3.8) is 0 Å². The summed E-state index contributed by atoms with van der Waals surface area (Å²) in [5.74, 6) is 0.120. The fraction of sp³-hybridized carbons (Fsp3) is 0.323. The van der Waals surface area contributed by atoms with Crippen molar-refractivity contribution in [1.29, 1.82) is 0 Å². The Morgan fingerprint density at radius 1 is 0.972 bits per heavy atom. The van der Waals surface area contributed by atoms with Crippen LogP contribution in [0, 0.1) is 0 Å². The Labute approximate surface area is 213 Å². The molecule has 0 bridgehead atoms. The van der Waals surface area contributed by atoms with Crippen LogP contribution in [0.25, 0.3) is 10.9 Å². The number of aromatic nitrogens is 1. The first kappa shape index (κ1) is 24.1. The van der Waals surface area contributed by atoms with Crippen molar-refractivity contribution >= 4 is 28.0 Å². The number of rotatable bonds is 8. The van der Waals surface area contributed by atoms with E-state index in [1.54, 1.807) is 0 Å². The van der Waals surface area contributed by atoms with Gasteiger partial charge in [-0.25, -0.2) is 0 Å². The third-order valence-corrected chi connectivity index (χ3v) is 7.41. The normalized spacial score (nSPS) is 15.1. The van der Waals surface area contributed by atoms with Gasteiger partial charge in [0.15, 0.2) is 5.88 Å². The summed E-state index contributed by atoms with van der Waals surface area (Å²) < 4.78 is 0. The first-order valence-corrected chi connectivity index (χ1v) is 13.1. The molecule has 5 heteroatoms. The molecule has 1 saturated carbocycles. The average Bonchev–Trinajstić information content (AvgIpc) is 3.23. The average molecular weight is 481 g/mol. The molecule has 1 heterocycles. The fourth-order valence-corrected chi connectivity index (χ4v) is 5.48. The summed E-state index contributed by atoms with van der Waals surface area (Å²) in [6.45, 7) is 3.97. The summed E-state index contributed by atoms with van der Waals surface area (Å²) in [6.07, 6.45) is 7.73. The minimum atomic E-state index is 0.120. The van der Waals surface area contributed by atoms with Gasteiger partial charge < -0.3 is 15.8 Å². The van der Waals surface area contributed by atoms with E-state index in [-0.39, 0.29) is 5.88 Å². The van der Waals surface area contributed by atoms with Crippen LogP contribution in [-0.2, 0) is 13.0 Å². The maximum absolute atomic E-state index is 10.5. The van der Waals surface area contributed by atoms with E-state index < -0.39 is 0 Å². The van der Waals surface area contributed by atoms with E-state index in [1.165, 1.54) is 43.2 Å². The highest BCUT2D eigenvalue weighted by Gasteiger charge is 2.21. The van der Waals surface area contributed by atoms with Gasteiger partial charge in [0.25, 0.3) is 0 Å². The lowest BCUT2D eigenvalue weighted by atomic mass is 9.93. The molecule has 0 aliphatic heterocycles. The molecule has 1 fully saturated rings. The Hall–Kier alpha value is -3.57. The first-order valence-electron chi connectivity index (χ1n) is 13.1.